The van der Waals surface area contributed by atoms with Gasteiger partial charge in [0.05, 0.1) is 0 Å². The summed E-state index contributed by atoms with van der Waals surface area (Å²) in [6.45, 7) is 1.75. The lowest BCUT2D eigenvalue weighted by Crippen LogP contribution is -2.20. The highest BCUT2D eigenvalue weighted by Gasteiger charge is 2.23. The first-order valence-electron chi connectivity index (χ1n) is 7.55. The standard InChI is InChI=1S/C17H18N2O2.ClH/c20-14-5-4-13-16(15(14)10-6-8-18-9-7-10)11-2-1-3-12(11)17(21)19-13;/h4-6,18,20H,1-3,7-9H2,(H,19,21);1H. The van der Waals surface area contributed by atoms with Gasteiger partial charge in [-0.05, 0) is 55.5 Å². The predicted molar refractivity (Wildman–Crippen MR) is 91.0 cm³/mol. The molecule has 2 aromatic rings. The lowest BCUT2D eigenvalue weighted by Gasteiger charge is -2.19. The van der Waals surface area contributed by atoms with Crippen molar-refractivity contribution in [2.24, 2.45) is 0 Å². The molecule has 0 unspecified atom stereocenters. The Bertz CT molecular complexity index is 823. The van der Waals surface area contributed by atoms with Gasteiger partial charge >= 0.3 is 0 Å². The number of benzene rings is 1. The first-order valence-corrected chi connectivity index (χ1v) is 7.55. The van der Waals surface area contributed by atoms with Crippen molar-refractivity contribution in [3.05, 3.63) is 45.3 Å². The quantitative estimate of drug-likeness (QED) is 0.757. The van der Waals surface area contributed by atoms with Gasteiger partial charge in [0, 0.05) is 28.6 Å². The van der Waals surface area contributed by atoms with Crippen LogP contribution in [0.15, 0.2) is 23.0 Å². The van der Waals surface area contributed by atoms with E-state index < -0.39 is 0 Å². The van der Waals surface area contributed by atoms with Crippen LogP contribution in [0.1, 0.15) is 29.5 Å². The summed E-state index contributed by atoms with van der Waals surface area (Å²) in [4.78, 5) is 15.1. The Balaban J connectivity index is 0.00000144. The van der Waals surface area contributed by atoms with E-state index in [0.717, 1.165) is 66.4 Å². The van der Waals surface area contributed by atoms with Crippen molar-refractivity contribution >= 4 is 28.9 Å². The lowest BCUT2D eigenvalue weighted by molar-refractivity contribution is 0.474. The molecule has 0 radical (unpaired) electrons. The average Bonchev–Trinajstić information content (AvgIpc) is 2.99. The predicted octanol–water partition coefficient (Wildman–Crippen LogP) is 2.52. The Kier molecular flexibility index (Phi) is 3.98. The number of phenolic OH excluding ortho intramolecular Hbond substituents is 1. The zero-order chi connectivity index (χ0) is 14.4. The molecule has 0 spiro atoms. The number of fused-ring (bicyclic) bond motifs is 3. The molecule has 0 saturated carbocycles. The molecule has 0 atom stereocenters. The van der Waals surface area contributed by atoms with E-state index in [9.17, 15) is 9.90 Å². The third-order valence-electron chi connectivity index (χ3n) is 4.61. The molecule has 2 heterocycles. The van der Waals surface area contributed by atoms with E-state index in [1.54, 1.807) is 6.07 Å². The minimum atomic E-state index is 0. The Morgan fingerprint density at radius 2 is 1.91 bits per heavy atom. The number of pyridine rings is 1. The van der Waals surface area contributed by atoms with Gasteiger partial charge in [0.15, 0.2) is 0 Å². The first-order chi connectivity index (χ1) is 10.3. The number of hydrogen-bond acceptors (Lipinski definition) is 3. The molecule has 4 nitrogen and oxygen atoms in total. The summed E-state index contributed by atoms with van der Waals surface area (Å²) in [5, 5.41) is 14.8. The van der Waals surface area contributed by atoms with Crippen LogP contribution in [0.2, 0.25) is 0 Å². The highest BCUT2D eigenvalue weighted by molar-refractivity contribution is 5.97. The van der Waals surface area contributed by atoms with Crippen molar-refractivity contribution in [1.82, 2.24) is 10.3 Å². The van der Waals surface area contributed by atoms with Gasteiger partial charge in [0.25, 0.3) is 5.56 Å². The molecule has 1 aromatic heterocycles. The number of nitrogens with one attached hydrogen (secondary N) is 2. The maximum absolute atomic E-state index is 12.2. The SMILES string of the molecule is Cl.O=c1[nH]c2ccc(O)c(C3=CCNCC3)c2c2c1CCC2. The minimum Gasteiger partial charge on any atom is -0.507 e. The fourth-order valence-corrected chi connectivity index (χ4v) is 3.65. The monoisotopic (exact) mass is 318 g/mol. The number of aryl methyl sites for hydroxylation is 1. The van der Waals surface area contributed by atoms with Crippen LogP contribution in [0.3, 0.4) is 0 Å². The maximum atomic E-state index is 12.2. The lowest BCUT2D eigenvalue weighted by atomic mass is 9.92. The third-order valence-corrected chi connectivity index (χ3v) is 4.61. The molecule has 2 aliphatic rings. The van der Waals surface area contributed by atoms with E-state index in [-0.39, 0.29) is 18.0 Å². The smallest absolute Gasteiger partial charge is 0.251 e. The molecule has 3 N–H and O–H groups in total. The minimum absolute atomic E-state index is 0. The van der Waals surface area contributed by atoms with Crippen molar-refractivity contribution in [3.63, 3.8) is 0 Å². The molecule has 0 amide bonds. The van der Waals surface area contributed by atoms with Crippen molar-refractivity contribution < 1.29 is 5.11 Å². The molecule has 0 saturated heterocycles. The van der Waals surface area contributed by atoms with Crippen LogP contribution in [0.5, 0.6) is 5.75 Å². The van der Waals surface area contributed by atoms with Gasteiger partial charge in [-0.3, -0.25) is 4.79 Å². The zero-order valence-electron chi connectivity index (χ0n) is 12.2. The second-order valence-corrected chi connectivity index (χ2v) is 5.83. The number of rotatable bonds is 1. The van der Waals surface area contributed by atoms with E-state index >= 15 is 0 Å². The largest absolute Gasteiger partial charge is 0.507 e. The molecule has 4 rings (SSSR count). The Labute approximate surface area is 134 Å². The average molecular weight is 319 g/mol. The number of H-pyrrole nitrogens is 1. The molecule has 0 bridgehead atoms. The van der Waals surface area contributed by atoms with E-state index in [0.29, 0.717) is 5.75 Å². The molecule has 1 aromatic carbocycles. The molecular weight excluding hydrogens is 300 g/mol. The molecule has 22 heavy (non-hydrogen) atoms. The fraction of sp³-hybridized carbons (Fsp3) is 0.353. The number of hydrogen-bond donors (Lipinski definition) is 3. The summed E-state index contributed by atoms with van der Waals surface area (Å²) >= 11 is 0. The Morgan fingerprint density at radius 3 is 2.68 bits per heavy atom. The fourth-order valence-electron chi connectivity index (χ4n) is 3.65. The van der Waals surface area contributed by atoms with E-state index in [1.165, 1.54) is 5.57 Å². The Morgan fingerprint density at radius 1 is 1.09 bits per heavy atom. The summed E-state index contributed by atoms with van der Waals surface area (Å²) in [6.07, 6.45) is 5.84. The Hall–Kier alpha value is -1.78. The van der Waals surface area contributed by atoms with Crippen molar-refractivity contribution in [1.29, 1.82) is 0 Å². The van der Waals surface area contributed by atoms with E-state index in [1.807, 2.05) is 6.07 Å². The summed E-state index contributed by atoms with van der Waals surface area (Å²) < 4.78 is 0. The molecule has 116 valence electrons. The number of aromatic hydroxyl groups is 1. The van der Waals surface area contributed by atoms with Crippen LogP contribution in [0.25, 0.3) is 16.5 Å². The van der Waals surface area contributed by atoms with Gasteiger partial charge in [-0.1, -0.05) is 6.08 Å². The normalized spacial score (nSPS) is 17.0. The van der Waals surface area contributed by atoms with Gasteiger partial charge in [0.1, 0.15) is 5.75 Å². The number of halogens is 1. The second kappa shape index (κ2) is 5.78. The van der Waals surface area contributed by atoms with Crippen LogP contribution in [0.4, 0.5) is 0 Å². The highest BCUT2D eigenvalue weighted by Crippen LogP contribution is 2.38. The van der Waals surface area contributed by atoms with Gasteiger partial charge in [-0.15, -0.1) is 12.4 Å². The zero-order valence-corrected chi connectivity index (χ0v) is 13.1. The summed E-state index contributed by atoms with van der Waals surface area (Å²) in [6, 6.07) is 3.51. The highest BCUT2D eigenvalue weighted by atomic mass is 35.5. The molecule has 0 fully saturated rings. The van der Waals surface area contributed by atoms with Gasteiger partial charge in [0.2, 0.25) is 0 Å². The van der Waals surface area contributed by atoms with Crippen LogP contribution >= 0.6 is 12.4 Å². The van der Waals surface area contributed by atoms with E-state index in [4.69, 9.17) is 0 Å². The van der Waals surface area contributed by atoms with Crippen molar-refractivity contribution in [3.8, 4) is 5.75 Å². The first kappa shape index (κ1) is 15.1. The van der Waals surface area contributed by atoms with Crippen LogP contribution in [-0.4, -0.2) is 23.2 Å². The van der Waals surface area contributed by atoms with Crippen molar-refractivity contribution in [2.75, 3.05) is 13.1 Å². The number of aromatic nitrogens is 1. The number of aromatic amines is 1. The summed E-state index contributed by atoms with van der Waals surface area (Å²) in [7, 11) is 0. The van der Waals surface area contributed by atoms with Crippen molar-refractivity contribution in [2.45, 2.75) is 25.7 Å². The third kappa shape index (κ3) is 2.23. The van der Waals surface area contributed by atoms with Gasteiger partial charge in [-0.2, -0.15) is 0 Å². The molecule has 1 aliphatic carbocycles. The van der Waals surface area contributed by atoms with Gasteiger partial charge in [-0.25, -0.2) is 0 Å². The van der Waals surface area contributed by atoms with Gasteiger partial charge < -0.3 is 15.4 Å². The summed E-state index contributed by atoms with van der Waals surface area (Å²) in [5.74, 6) is 0.316. The van der Waals surface area contributed by atoms with E-state index in [2.05, 4.69) is 16.4 Å². The molecular formula is C17H19ClN2O2. The summed E-state index contributed by atoms with van der Waals surface area (Å²) in [5.41, 5.74) is 5.02. The second-order valence-electron chi connectivity index (χ2n) is 5.83. The van der Waals surface area contributed by atoms with Crippen LogP contribution in [0, 0.1) is 0 Å². The molecule has 1 aliphatic heterocycles. The maximum Gasteiger partial charge on any atom is 0.251 e. The topological polar surface area (TPSA) is 65.1 Å². The molecule has 5 heteroatoms. The number of phenols is 1. The van der Waals surface area contributed by atoms with Crippen LogP contribution < -0.4 is 10.9 Å². The van der Waals surface area contributed by atoms with Crippen LogP contribution in [-0.2, 0) is 12.8 Å².